The Hall–Kier alpha value is -0.590. The summed E-state index contributed by atoms with van der Waals surface area (Å²) in [5.41, 5.74) is 1.47. The van der Waals surface area contributed by atoms with Gasteiger partial charge in [0.25, 0.3) is 0 Å². The van der Waals surface area contributed by atoms with Gasteiger partial charge in [-0.05, 0) is 32.6 Å². The van der Waals surface area contributed by atoms with Crippen molar-refractivity contribution < 1.29 is 4.79 Å². The molecule has 1 nitrogen and oxygen atoms in total. The number of hydrogen-bond acceptors (Lipinski definition) is 1. The van der Waals surface area contributed by atoms with E-state index in [2.05, 4.69) is 19.9 Å². The van der Waals surface area contributed by atoms with Gasteiger partial charge in [-0.25, -0.2) is 0 Å². The van der Waals surface area contributed by atoms with Crippen LogP contribution in [0.15, 0.2) is 11.6 Å². The standard InChI is InChI=1S/C12H18O/c1-9(2)7-10-8-11(13)12(10)5-3-4-6-12/h7,10H,3-6,8H2,1-2H3. The molecule has 13 heavy (non-hydrogen) atoms. The molecule has 0 aromatic rings. The Morgan fingerprint density at radius 1 is 1.38 bits per heavy atom. The number of carbonyl (C=O) groups is 1. The highest BCUT2D eigenvalue weighted by molar-refractivity contribution is 5.92. The second-order valence-corrected chi connectivity index (χ2v) is 4.84. The van der Waals surface area contributed by atoms with Gasteiger partial charge < -0.3 is 0 Å². The summed E-state index contributed by atoms with van der Waals surface area (Å²) in [4.78, 5) is 11.6. The quantitative estimate of drug-likeness (QED) is 0.564. The Balaban J connectivity index is 2.16. The van der Waals surface area contributed by atoms with Crippen LogP contribution in [0.1, 0.15) is 46.0 Å². The van der Waals surface area contributed by atoms with Gasteiger partial charge in [-0.15, -0.1) is 0 Å². The molecule has 0 N–H and O–H groups in total. The van der Waals surface area contributed by atoms with Gasteiger partial charge in [-0.2, -0.15) is 0 Å². The first-order valence-electron chi connectivity index (χ1n) is 5.33. The van der Waals surface area contributed by atoms with Crippen molar-refractivity contribution >= 4 is 5.78 Å². The summed E-state index contributed by atoms with van der Waals surface area (Å²) >= 11 is 0. The van der Waals surface area contributed by atoms with Gasteiger partial charge in [0, 0.05) is 11.8 Å². The Morgan fingerprint density at radius 3 is 2.46 bits per heavy atom. The second kappa shape index (κ2) is 2.97. The number of ketones is 1. The van der Waals surface area contributed by atoms with Crippen molar-refractivity contribution in [2.45, 2.75) is 46.0 Å². The van der Waals surface area contributed by atoms with Crippen LogP contribution < -0.4 is 0 Å². The van der Waals surface area contributed by atoms with Crippen molar-refractivity contribution in [2.75, 3.05) is 0 Å². The van der Waals surface area contributed by atoms with Crippen LogP contribution in [-0.4, -0.2) is 5.78 Å². The van der Waals surface area contributed by atoms with Crippen molar-refractivity contribution in [3.8, 4) is 0 Å². The first-order chi connectivity index (χ1) is 6.15. The minimum atomic E-state index is 0.108. The summed E-state index contributed by atoms with van der Waals surface area (Å²) in [6.45, 7) is 4.26. The second-order valence-electron chi connectivity index (χ2n) is 4.84. The Bertz CT molecular complexity index is 252. The van der Waals surface area contributed by atoms with E-state index in [0.29, 0.717) is 11.7 Å². The molecule has 0 saturated heterocycles. The third kappa shape index (κ3) is 1.25. The Morgan fingerprint density at radius 2 is 2.00 bits per heavy atom. The van der Waals surface area contributed by atoms with E-state index in [1.165, 1.54) is 18.4 Å². The minimum absolute atomic E-state index is 0.108. The molecule has 0 aromatic heterocycles. The van der Waals surface area contributed by atoms with Gasteiger partial charge in [0.05, 0.1) is 0 Å². The third-order valence-corrected chi connectivity index (χ3v) is 3.70. The molecule has 0 bridgehead atoms. The zero-order valence-corrected chi connectivity index (χ0v) is 8.60. The zero-order chi connectivity index (χ0) is 9.47. The fourth-order valence-electron chi connectivity index (χ4n) is 2.95. The first kappa shape index (κ1) is 8.98. The molecule has 72 valence electrons. The molecular weight excluding hydrogens is 160 g/mol. The van der Waals surface area contributed by atoms with Crippen LogP contribution in [0.3, 0.4) is 0 Å². The van der Waals surface area contributed by atoms with Crippen molar-refractivity contribution in [1.29, 1.82) is 0 Å². The van der Waals surface area contributed by atoms with E-state index >= 15 is 0 Å². The van der Waals surface area contributed by atoms with E-state index in [4.69, 9.17) is 0 Å². The maximum absolute atomic E-state index is 11.6. The fourth-order valence-corrected chi connectivity index (χ4v) is 2.95. The molecule has 1 spiro atoms. The Kier molecular flexibility index (Phi) is 2.05. The highest BCUT2D eigenvalue weighted by Gasteiger charge is 2.54. The SMILES string of the molecule is CC(C)=CC1CC(=O)C12CCCC2. The van der Waals surface area contributed by atoms with Crippen LogP contribution in [0.25, 0.3) is 0 Å². The molecule has 2 aliphatic rings. The summed E-state index contributed by atoms with van der Waals surface area (Å²) in [5.74, 6) is 1.11. The van der Waals surface area contributed by atoms with E-state index in [9.17, 15) is 4.79 Å². The molecule has 0 amide bonds. The lowest BCUT2D eigenvalue weighted by Crippen LogP contribution is -2.47. The molecular formula is C12H18O. The molecule has 1 heteroatoms. The van der Waals surface area contributed by atoms with Crippen LogP contribution in [0.5, 0.6) is 0 Å². The number of Topliss-reactive ketones (excluding diaryl/α,β-unsaturated/α-hetero) is 1. The van der Waals surface area contributed by atoms with Gasteiger partial charge in [-0.3, -0.25) is 4.79 Å². The van der Waals surface area contributed by atoms with Gasteiger partial charge >= 0.3 is 0 Å². The van der Waals surface area contributed by atoms with E-state index in [1.807, 2.05) is 0 Å². The van der Waals surface area contributed by atoms with E-state index in [-0.39, 0.29) is 5.41 Å². The van der Waals surface area contributed by atoms with Crippen LogP contribution >= 0.6 is 0 Å². The van der Waals surface area contributed by atoms with Gasteiger partial charge in [-0.1, -0.05) is 24.5 Å². The van der Waals surface area contributed by atoms with Crippen molar-refractivity contribution in [3.63, 3.8) is 0 Å². The number of rotatable bonds is 1. The summed E-state index contributed by atoms with van der Waals surface area (Å²) in [7, 11) is 0. The monoisotopic (exact) mass is 178 g/mol. The third-order valence-electron chi connectivity index (χ3n) is 3.70. The molecule has 1 unspecified atom stereocenters. The smallest absolute Gasteiger partial charge is 0.140 e. The van der Waals surface area contributed by atoms with E-state index < -0.39 is 0 Å². The van der Waals surface area contributed by atoms with Crippen LogP contribution in [-0.2, 0) is 4.79 Å². The predicted octanol–water partition coefficient (Wildman–Crippen LogP) is 3.10. The lowest BCUT2D eigenvalue weighted by molar-refractivity contribution is -0.142. The largest absolute Gasteiger partial charge is 0.299 e. The molecule has 2 saturated carbocycles. The van der Waals surface area contributed by atoms with Gasteiger partial charge in [0.15, 0.2) is 0 Å². The Labute approximate surface area is 80.2 Å². The summed E-state index contributed by atoms with van der Waals surface area (Å²) < 4.78 is 0. The zero-order valence-electron chi connectivity index (χ0n) is 8.60. The normalized spacial score (nSPS) is 30.3. The van der Waals surface area contributed by atoms with Crippen LogP contribution in [0, 0.1) is 11.3 Å². The topological polar surface area (TPSA) is 17.1 Å². The predicted molar refractivity (Wildman–Crippen MR) is 53.4 cm³/mol. The van der Waals surface area contributed by atoms with Gasteiger partial charge in [0.2, 0.25) is 0 Å². The maximum Gasteiger partial charge on any atom is 0.140 e. The summed E-state index contributed by atoms with van der Waals surface area (Å²) in [6.07, 6.45) is 7.95. The maximum atomic E-state index is 11.6. The van der Waals surface area contributed by atoms with E-state index in [1.54, 1.807) is 0 Å². The fraction of sp³-hybridized carbons (Fsp3) is 0.750. The molecule has 0 aliphatic heterocycles. The molecule has 0 radical (unpaired) electrons. The molecule has 0 heterocycles. The van der Waals surface area contributed by atoms with Crippen molar-refractivity contribution in [2.24, 2.45) is 11.3 Å². The van der Waals surface area contributed by atoms with Crippen molar-refractivity contribution in [3.05, 3.63) is 11.6 Å². The van der Waals surface area contributed by atoms with Crippen molar-refractivity contribution in [1.82, 2.24) is 0 Å². The van der Waals surface area contributed by atoms with Gasteiger partial charge in [0.1, 0.15) is 5.78 Å². The molecule has 2 rings (SSSR count). The molecule has 1 atom stereocenters. The molecule has 2 fully saturated rings. The molecule has 2 aliphatic carbocycles. The minimum Gasteiger partial charge on any atom is -0.299 e. The number of carbonyl (C=O) groups excluding carboxylic acids is 1. The molecule has 0 aromatic carbocycles. The lowest BCUT2D eigenvalue weighted by atomic mass is 9.57. The highest BCUT2D eigenvalue weighted by Crippen LogP contribution is 2.55. The average molecular weight is 178 g/mol. The average Bonchev–Trinajstić information content (AvgIpc) is 2.53. The first-order valence-corrected chi connectivity index (χ1v) is 5.33. The lowest BCUT2D eigenvalue weighted by Gasteiger charge is -2.44. The highest BCUT2D eigenvalue weighted by atomic mass is 16.1. The summed E-state index contributed by atoms with van der Waals surface area (Å²) in [5, 5.41) is 0. The number of allylic oxidation sites excluding steroid dienone is 2. The van der Waals surface area contributed by atoms with E-state index in [0.717, 1.165) is 19.3 Å². The summed E-state index contributed by atoms with van der Waals surface area (Å²) in [6, 6.07) is 0. The van der Waals surface area contributed by atoms with Crippen LogP contribution in [0.2, 0.25) is 0 Å². The van der Waals surface area contributed by atoms with Crippen LogP contribution in [0.4, 0.5) is 0 Å². The number of hydrogen-bond donors (Lipinski definition) is 0.